The first-order valence-electron chi connectivity index (χ1n) is 17.1. The van der Waals surface area contributed by atoms with Crippen LogP contribution < -0.4 is 0 Å². The van der Waals surface area contributed by atoms with Gasteiger partial charge in [-0.3, -0.25) is 0 Å². The minimum absolute atomic E-state index is 0.0424. The highest BCUT2D eigenvalue weighted by Crippen LogP contribution is 2.41. The molecule has 6 nitrogen and oxygen atoms in total. The van der Waals surface area contributed by atoms with Gasteiger partial charge in [0.15, 0.2) is 0 Å². The molecule has 1 N–H and O–H groups in total. The van der Waals surface area contributed by atoms with Gasteiger partial charge >= 0.3 is 0 Å². The summed E-state index contributed by atoms with van der Waals surface area (Å²) in [5.41, 5.74) is 4.09. The molecule has 44 heavy (non-hydrogen) atoms. The molecular weight excluding hydrogens is 576 g/mol. The van der Waals surface area contributed by atoms with Crippen molar-refractivity contribution in [3.63, 3.8) is 0 Å². The molecule has 2 aromatic rings. The monoisotopic (exact) mass is 632 g/mol. The Morgan fingerprint density at radius 1 is 0.705 bits per heavy atom. The SMILES string of the molecule is CCCCOC[C@H]1O[C@@H](c2cc(O)c(Cl)c(Cc3ccc(CC)cc3)c2)[C@H](OCCCC)[C@@H](OCCCC)[C@@H]1OCCCC. The lowest BCUT2D eigenvalue weighted by molar-refractivity contribution is -0.268. The quantitative estimate of drug-likeness (QED) is 0.139. The highest BCUT2D eigenvalue weighted by molar-refractivity contribution is 6.32. The van der Waals surface area contributed by atoms with E-state index in [-0.39, 0.29) is 24.1 Å². The number of rotatable bonds is 21. The predicted octanol–water partition coefficient (Wildman–Crippen LogP) is 9.01. The Balaban J connectivity index is 2.02. The number of aromatic hydroxyl groups is 1. The van der Waals surface area contributed by atoms with Gasteiger partial charge in [-0.2, -0.15) is 0 Å². The molecule has 1 saturated heterocycles. The maximum absolute atomic E-state index is 11.1. The topological polar surface area (TPSA) is 66.4 Å². The van der Waals surface area contributed by atoms with E-state index in [4.69, 9.17) is 35.3 Å². The number of halogens is 1. The zero-order valence-electron chi connectivity index (χ0n) is 27.8. The molecular formula is C37H57ClO6. The van der Waals surface area contributed by atoms with Gasteiger partial charge in [0.2, 0.25) is 0 Å². The lowest BCUT2D eigenvalue weighted by Gasteiger charge is -2.46. The van der Waals surface area contributed by atoms with Crippen molar-refractivity contribution in [3.8, 4) is 5.75 Å². The van der Waals surface area contributed by atoms with Crippen molar-refractivity contribution < 1.29 is 28.8 Å². The second-order valence-electron chi connectivity index (χ2n) is 12.0. The number of hydrogen-bond acceptors (Lipinski definition) is 6. The van der Waals surface area contributed by atoms with Gasteiger partial charge in [-0.1, -0.05) is 102 Å². The molecule has 0 aromatic heterocycles. The second-order valence-corrected chi connectivity index (χ2v) is 12.3. The molecule has 0 amide bonds. The largest absolute Gasteiger partial charge is 0.506 e. The third-order valence-corrected chi connectivity index (χ3v) is 8.72. The highest BCUT2D eigenvalue weighted by Gasteiger charge is 2.49. The smallest absolute Gasteiger partial charge is 0.134 e. The van der Waals surface area contributed by atoms with Crippen LogP contribution in [0.4, 0.5) is 0 Å². The fraction of sp³-hybridized carbons (Fsp3) is 0.676. The van der Waals surface area contributed by atoms with Crippen molar-refractivity contribution in [3.05, 3.63) is 63.7 Å². The second kappa shape index (κ2) is 20.5. The number of unbranched alkanes of at least 4 members (excludes halogenated alkanes) is 4. The predicted molar refractivity (Wildman–Crippen MR) is 179 cm³/mol. The van der Waals surface area contributed by atoms with Gasteiger partial charge in [0.25, 0.3) is 0 Å². The normalized spacial score (nSPS) is 22.0. The minimum atomic E-state index is -0.492. The van der Waals surface area contributed by atoms with E-state index in [1.165, 1.54) is 5.56 Å². The molecule has 0 unspecified atom stereocenters. The molecule has 1 heterocycles. The van der Waals surface area contributed by atoms with Gasteiger partial charge in [-0.15, -0.1) is 0 Å². The van der Waals surface area contributed by atoms with Crippen LogP contribution in [-0.2, 0) is 36.5 Å². The summed E-state index contributed by atoms with van der Waals surface area (Å²) in [6.45, 7) is 13.7. The van der Waals surface area contributed by atoms with Crippen molar-refractivity contribution in [1.29, 1.82) is 0 Å². The summed E-state index contributed by atoms with van der Waals surface area (Å²) in [5, 5.41) is 11.4. The molecule has 0 aliphatic carbocycles. The maximum atomic E-state index is 11.1. The van der Waals surface area contributed by atoms with Crippen molar-refractivity contribution in [1.82, 2.24) is 0 Å². The van der Waals surface area contributed by atoms with E-state index >= 15 is 0 Å². The van der Waals surface area contributed by atoms with Crippen LogP contribution >= 0.6 is 11.6 Å². The third kappa shape index (κ3) is 11.0. The van der Waals surface area contributed by atoms with Crippen LogP contribution in [0.2, 0.25) is 5.02 Å². The number of benzene rings is 2. The summed E-state index contributed by atoms with van der Waals surface area (Å²) < 4.78 is 32.8. The van der Waals surface area contributed by atoms with Gasteiger partial charge in [-0.25, -0.2) is 0 Å². The average molecular weight is 633 g/mol. The molecule has 2 aromatic carbocycles. The highest BCUT2D eigenvalue weighted by atomic mass is 35.5. The Morgan fingerprint density at radius 3 is 1.84 bits per heavy atom. The zero-order valence-corrected chi connectivity index (χ0v) is 28.6. The number of phenolic OH excluding ortho intramolecular Hbond substituents is 1. The number of aryl methyl sites for hydroxylation is 1. The molecule has 248 valence electrons. The molecule has 1 aliphatic heterocycles. The van der Waals surface area contributed by atoms with Crippen LogP contribution in [0.15, 0.2) is 36.4 Å². The Bertz CT molecular complexity index is 1060. The van der Waals surface area contributed by atoms with Gasteiger partial charge in [0, 0.05) is 26.4 Å². The van der Waals surface area contributed by atoms with Crippen molar-refractivity contribution in [2.75, 3.05) is 33.0 Å². The van der Waals surface area contributed by atoms with Crippen molar-refractivity contribution in [2.24, 2.45) is 0 Å². The Morgan fingerprint density at radius 2 is 1.25 bits per heavy atom. The molecule has 5 atom stereocenters. The first-order valence-corrected chi connectivity index (χ1v) is 17.5. The van der Waals surface area contributed by atoms with Crippen LogP contribution in [0.1, 0.15) is 114 Å². The lowest BCUT2D eigenvalue weighted by atomic mass is 9.89. The van der Waals surface area contributed by atoms with Gasteiger partial charge in [0.05, 0.1) is 11.6 Å². The Labute approximate surface area is 271 Å². The summed E-state index contributed by atoms with van der Waals surface area (Å²) in [5.74, 6) is 0.0424. The van der Waals surface area contributed by atoms with E-state index < -0.39 is 12.2 Å². The third-order valence-electron chi connectivity index (χ3n) is 8.29. The molecule has 3 rings (SSSR count). The fourth-order valence-electron chi connectivity index (χ4n) is 5.53. The van der Waals surface area contributed by atoms with E-state index in [2.05, 4.69) is 65.0 Å². The molecule has 0 bridgehead atoms. The molecule has 0 radical (unpaired) electrons. The fourth-order valence-corrected chi connectivity index (χ4v) is 5.70. The van der Waals surface area contributed by atoms with Crippen molar-refractivity contribution >= 4 is 11.6 Å². The van der Waals surface area contributed by atoms with Gasteiger partial charge in [-0.05, 0) is 66.8 Å². The molecule has 7 heteroatoms. The summed E-state index contributed by atoms with van der Waals surface area (Å²) in [6.07, 6.45) is 7.63. The first kappa shape index (κ1) is 36.8. The van der Waals surface area contributed by atoms with E-state index in [0.717, 1.165) is 74.5 Å². The van der Waals surface area contributed by atoms with Crippen LogP contribution in [0.5, 0.6) is 5.75 Å². The molecule has 1 aliphatic rings. The Hall–Kier alpha value is -1.67. The summed E-state index contributed by atoms with van der Waals surface area (Å²) in [4.78, 5) is 0. The van der Waals surface area contributed by atoms with Crippen molar-refractivity contribution in [2.45, 2.75) is 129 Å². The van der Waals surface area contributed by atoms with E-state index in [1.807, 2.05) is 0 Å². The van der Waals surface area contributed by atoms with Crippen LogP contribution in [0.25, 0.3) is 0 Å². The van der Waals surface area contributed by atoms with E-state index in [0.29, 0.717) is 44.5 Å². The van der Waals surface area contributed by atoms with Gasteiger partial charge in [0.1, 0.15) is 36.3 Å². The lowest BCUT2D eigenvalue weighted by Crippen LogP contribution is -2.58. The molecule has 0 spiro atoms. The average Bonchev–Trinajstić information content (AvgIpc) is 3.03. The standard InChI is InChI=1S/C37H57ClO6/c1-6-11-19-40-26-32-35(41-20-12-7-2)37(43-22-14-9-4)36(42-21-13-8-3)34(44-32)30-24-29(33(38)31(39)25-30)23-28-17-15-27(10-5)16-18-28/h15-18,24-25,32,34-37,39H,6-14,19-23,26H2,1-5H3/t32-,34+,35-,36+,37+/m1/s1. The first-order chi connectivity index (χ1) is 21.5. The summed E-state index contributed by atoms with van der Waals surface area (Å²) >= 11 is 6.70. The maximum Gasteiger partial charge on any atom is 0.134 e. The van der Waals surface area contributed by atoms with Crippen LogP contribution in [-0.4, -0.2) is 62.6 Å². The summed E-state index contributed by atoms with van der Waals surface area (Å²) in [7, 11) is 0. The van der Waals surface area contributed by atoms with Crippen LogP contribution in [0.3, 0.4) is 0 Å². The Kier molecular flexibility index (Phi) is 17.1. The number of hydrogen-bond donors (Lipinski definition) is 1. The van der Waals surface area contributed by atoms with E-state index in [1.54, 1.807) is 6.07 Å². The number of phenols is 1. The molecule has 0 saturated carbocycles. The number of ether oxygens (including phenoxy) is 5. The minimum Gasteiger partial charge on any atom is -0.506 e. The van der Waals surface area contributed by atoms with Crippen LogP contribution in [0, 0.1) is 0 Å². The summed E-state index contributed by atoms with van der Waals surface area (Å²) in [6, 6.07) is 12.3. The zero-order chi connectivity index (χ0) is 31.7. The molecule has 1 fully saturated rings. The van der Waals surface area contributed by atoms with Gasteiger partial charge < -0.3 is 28.8 Å². The van der Waals surface area contributed by atoms with E-state index in [9.17, 15) is 5.11 Å².